The third-order valence-corrected chi connectivity index (χ3v) is 4.22. The van der Waals surface area contributed by atoms with Crippen LogP contribution in [0.1, 0.15) is 37.8 Å². The van der Waals surface area contributed by atoms with Gasteiger partial charge < -0.3 is 15.3 Å². The predicted molar refractivity (Wildman–Crippen MR) is 80.4 cm³/mol. The van der Waals surface area contributed by atoms with Gasteiger partial charge in [0.25, 0.3) is 0 Å². The molecule has 0 saturated carbocycles. The Kier molecular flexibility index (Phi) is 4.21. The van der Waals surface area contributed by atoms with Gasteiger partial charge in [-0.2, -0.15) is 0 Å². The van der Waals surface area contributed by atoms with E-state index >= 15 is 0 Å². The van der Waals surface area contributed by atoms with Crippen LogP contribution in [0.4, 0.5) is 4.79 Å². The van der Waals surface area contributed by atoms with E-state index in [9.17, 15) is 14.7 Å². The second-order valence-electron chi connectivity index (χ2n) is 5.89. The lowest BCUT2D eigenvalue weighted by Crippen LogP contribution is -2.56. The van der Waals surface area contributed by atoms with Crippen molar-refractivity contribution in [2.75, 3.05) is 13.1 Å². The highest BCUT2D eigenvalue weighted by Gasteiger charge is 2.37. The molecule has 1 aromatic rings. The summed E-state index contributed by atoms with van der Waals surface area (Å²) >= 11 is 0. The fraction of sp³-hybridized carbons (Fsp3) is 0.500. The molecule has 1 aliphatic rings. The lowest BCUT2D eigenvalue weighted by molar-refractivity contribution is -0.147. The number of urea groups is 1. The number of carbonyl (C=O) groups excluding carboxylic acids is 1. The lowest BCUT2D eigenvalue weighted by atomic mass is 9.78. The number of likely N-dealkylation sites (N-methyl/N-ethyl adjacent to an activating group) is 1. The van der Waals surface area contributed by atoms with E-state index < -0.39 is 11.5 Å². The van der Waals surface area contributed by atoms with Crippen molar-refractivity contribution in [2.24, 2.45) is 0 Å². The zero-order chi connectivity index (χ0) is 15.6. The van der Waals surface area contributed by atoms with Crippen molar-refractivity contribution in [1.29, 1.82) is 0 Å². The first kappa shape index (κ1) is 15.4. The topological polar surface area (TPSA) is 69.6 Å². The van der Waals surface area contributed by atoms with Gasteiger partial charge in [-0.25, -0.2) is 9.59 Å². The number of amides is 2. The van der Waals surface area contributed by atoms with Crippen LogP contribution in [0.15, 0.2) is 24.3 Å². The van der Waals surface area contributed by atoms with Gasteiger partial charge in [0, 0.05) is 19.0 Å². The van der Waals surface area contributed by atoms with Crippen molar-refractivity contribution in [2.45, 2.75) is 38.6 Å². The molecular weight excluding hydrogens is 268 g/mol. The minimum Gasteiger partial charge on any atom is -0.480 e. The molecule has 0 saturated heterocycles. The Morgan fingerprint density at radius 3 is 2.62 bits per heavy atom. The molecule has 21 heavy (non-hydrogen) atoms. The summed E-state index contributed by atoms with van der Waals surface area (Å²) in [5.41, 5.74) is 1.39. The highest BCUT2D eigenvalue weighted by atomic mass is 16.4. The van der Waals surface area contributed by atoms with Crippen LogP contribution in [0.3, 0.4) is 0 Å². The zero-order valence-corrected chi connectivity index (χ0v) is 12.7. The molecule has 0 bridgehead atoms. The molecule has 0 fully saturated rings. The SMILES string of the molecule is CCN(C(=O)NCC1Cc2ccccc21)C(C)(C)C(=O)O. The minimum absolute atomic E-state index is 0.325. The second kappa shape index (κ2) is 5.76. The molecule has 1 unspecified atom stereocenters. The van der Waals surface area contributed by atoms with E-state index in [0.29, 0.717) is 19.0 Å². The first-order chi connectivity index (χ1) is 9.87. The summed E-state index contributed by atoms with van der Waals surface area (Å²) in [6.45, 7) is 5.76. The van der Waals surface area contributed by atoms with E-state index in [4.69, 9.17) is 0 Å². The van der Waals surface area contributed by atoms with Gasteiger partial charge in [-0.3, -0.25) is 0 Å². The number of carbonyl (C=O) groups is 2. The molecule has 1 aromatic carbocycles. The third kappa shape index (κ3) is 2.86. The number of fused-ring (bicyclic) bond motifs is 1. The van der Waals surface area contributed by atoms with Crippen molar-refractivity contribution in [3.8, 4) is 0 Å². The van der Waals surface area contributed by atoms with Crippen molar-refractivity contribution in [3.05, 3.63) is 35.4 Å². The van der Waals surface area contributed by atoms with Crippen molar-refractivity contribution in [3.63, 3.8) is 0 Å². The summed E-state index contributed by atoms with van der Waals surface area (Å²) in [6, 6.07) is 7.86. The van der Waals surface area contributed by atoms with Crippen LogP contribution in [-0.4, -0.2) is 40.6 Å². The van der Waals surface area contributed by atoms with E-state index in [2.05, 4.69) is 17.4 Å². The van der Waals surface area contributed by atoms with Crippen LogP contribution in [0.2, 0.25) is 0 Å². The maximum atomic E-state index is 12.2. The molecule has 2 N–H and O–H groups in total. The van der Waals surface area contributed by atoms with Crippen LogP contribution in [0.25, 0.3) is 0 Å². The Labute approximate surface area is 125 Å². The quantitative estimate of drug-likeness (QED) is 0.873. The van der Waals surface area contributed by atoms with Gasteiger partial charge in [0.05, 0.1) is 0 Å². The van der Waals surface area contributed by atoms with E-state index in [-0.39, 0.29) is 6.03 Å². The van der Waals surface area contributed by atoms with Crippen LogP contribution in [0, 0.1) is 0 Å². The Balaban J connectivity index is 1.95. The molecule has 0 radical (unpaired) electrons. The van der Waals surface area contributed by atoms with Crippen molar-refractivity contribution < 1.29 is 14.7 Å². The largest absolute Gasteiger partial charge is 0.480 e. The smallest absolute Gasteiger partial charge is 0.329 e. The van der Waals surface area contributed by atoms with Gasteiger partial charge in [-0.1, -0.05) is 24.3 Å². The Hall–Kier alpha value is -2.04. The summed E-state index contributed by atoms with van der Waals surface area (Å²) in [5, 5.41) is 12.1. The minimum atomic E-state index is -1.21. The fourth-order valence-electron chi connectivity index (χ4n) is 2.76. The number of rotatable bonds is 5. The van der Waals surface area contributed by atoms with Gasteiger partial charge >= 0.3 is 12.0 Å². The van der Waals surface area contributed by atoms with Crippen molar-refractivity contribution in [1.82, 2.24) is 10.2 Å². The zero-order valence-electron chi connectivity index (χ0n) is 12.7. The third-order valence-electron chi connectivity index (χ3n) is 4.22. The Bertz CT molecular complexity index is 554. The fourth-order valence-corrected chi connectivity index (χ4v) is 2.76. The van der Waals surface area contributed by atoms with Gasteiger partial charge in [0.15, 0.2) is 0 Å². The van der Waals surface area contributed by atoms with Crippen LogP contribution in [-0.2, 0) is 11.2 Å². The molecule has 5 nitrogen and oxygen atoms in total. The predicted octanol–water partition coefficient (Wildman–Crippen LogP) is 2.22. The molecule has 0 spiro atoms. The number of nitrogens with zero attached hydrogens (tertiary/aromatic N) is 1. The van der Waals surface area contributed by atoms with Crippen LogP contribution < -0.4 is 5.32 Å². The standard InChI is InChI=1S/C16H22N2O3/c1-4-18(16(2,3)14(19)20)15(21)17-10-12-9-11-7-5-6-8-13(11)12/h5-8,12H,4,9-10H2,1-3H3,(H,17,21)(H,19,20). The van der Waals surface area contributed by atoms with E-state index in [1.807, 2.05) is 12.1 Å². The number of benzene rings is 1. The Morgan fingerprint density at radius 1 is 1.38 bits per heavy atom. The highest BCUT2D eigenvalue weighted by Crippen LogP contribution is 2.34. The van der Waals surface area contributed by atoms with E-state index in [0.717, 1.165) is 6.42 Å². The molecule has 2 amide bonds. The number of hydrogen-bond acceptors (Lipinski definition) is 2. The van der Waals surface area contributed by atoms with Crippen LogP contribution in [0.5, 0.6) is 0 Å². The van der Waals surface area contributed by atoms with Gasteiger partial charge in [0.2, 0.25) is 0 Å². The van der Waals surface area contributed by atoms with Crippen LogP contribution >= 0.6 is 0 Å². The summed E-state index contributed by atoms with van der Waals surface area (Å²) < 4.78 is 0. The normalized spacial score (nSPS) is 16.6. The monoisotopic (exact) mass is 290 g/mol. The molecule has 5 heteroatoms. The summed E-state index contributed by atoms with van der Waals surface area (Å²) in [5.74, 6) is -0.676. The number of carboxylic acid groups (broad SMARTS) is 1. The second-order valence-corrected chi connectivity index (χ2v) is 5.89. The average molecular weight is 290 g/mol. The first-order valence-electron chi connectivity index (χ1n) is 7.24. The number of nitrogens with one attached hydrogen (secondary N) is 1. The van der Waals surface area contributed by atoms with Crippen molar-refractivity contribution >= 4 is 12.0 Å². The number of hydrogen-bond donors (Lipinski definition) is 2. The molecular formula is C16H22N2O3. The maximum Gasteiger partial charge on any atom is 0.329 e. The Morgan fingerprint density at radius 2 is 2.05 bits per heavy atom. The van der Waals surface area contributed by atoms with E-state index in [1.165, 1.54) is 29.9 Å². The van der Waals surface area contributed by atoms with Gasteiger partial charge in [-0.15, -0.1) is 0 Å². The summed E-state index contributed by atoms with van der Waals surface area (Å²) in [4.78, 5) is 24.9. The lowest BCUT2D eigenvalue weighted by Gasteiger charge is -2.36. The molecule has 1 atom stereocenters. The van der Waals surface area contributed by atoms with Gasteiger partial charge in [0.1, 0.15) is 5.54 Å². The average Bonchev–Trinajstić information content (AvgIpc) is 2.40. The maximum absolute atomic E-state index is 12.2. The molecule has 2 rings (SSSR count). The molecule has 114 valence electrons. The summed E-state index contributed by atoms with van der Waals surface area (Å²) in [6.07, 6.45) is 0.963. The van der Waals surface area contributed by atoms with Gasteiger partial charge in [-0.05, 0) is 38.3 Å². The van der Waals surface area contributed by atoms with E-state index in [1.54, 1.807) is 6.92 Å². The molecule has 0 aliphatic heterocycles. The molecule has 0 aromatic heterocycles. The molecule has 1 aliphatic carbocycles. The first-order valence-corrected chi connectivity index (χ1v) is 7.24. The number of carboxylic acids is 1. The highest BCUT2D eigenvalue weighted by molar-refractivity contribution is 5.85. The molecule has 0 heterocycles. The number of aliphatic carboxylic acids is 1. The summed E-state index contributed by atoms with van der Waals surface area (Å²) in [7, 11) is 0.